The molecule has 0 saturated carbocycles. The second kappa shape index (κ2) is 8.12. The van der Waals surface area contributed by atoms with Crippen molar-refractivity contribution in [1.82, 2.24) is 4.72 Å². The minimum absolute atomic E-state index is 0.0477. The Morgan fingerprint density at radius 1 is 1.04 bits per heavy atom. The maximum atomic E-state index is 12.0. The Morgan fingerprint density at radius 3 is 2.09 bits per heavy atom. The Kier molecular flexibility index (Phi) is 7.03. The number of nitrogens with one attached hydrogen (secondary N) is 1. The minimum Gasteiger partial charge on any atom is -0.269 e. The van der Waals surface area contributed by atoms with Gasteiger partial charge in [-0.2, -0.15) is 0 Å². The molecule has 0 saturated heterocycles. The number of sulfonamides is 2. The van der Waals surface area contributed by atoms with Crippen molar-refractivity contribution < 1.29 is 16.8 Å². The zero-order valence-electron chi connectivity index (χ0n) is 14.2. The van der Waals surface area contributed by atoms with Crippen LogP contribution >= 0.6 is 0 Å². The first-order valence-corrected chi connectivity index (χ1v) is 11.1. The predicted octanol–water partition coefficient (Wildman–Crippen LogP) is 1.79. The average molecular weight is 363 g/mol. The van der Waals surface area contributed by atoms with E-state index in [2.05, 4.69) is 4.72 Å². The molecule has 8 heteroatoms. The van der Waals surface area contributed by atoms with E-state index in [0.717, 1.165) is 23.8 Å². The largest absolute Gasteiger partial charge is 0.269 e. The molecule has 0 amide bonds. The molecule has 1 aromatic carbocycles. The molecular weight excluding hydrogens is 336 g/mol. The maximum Gasteiger partial charge on any atom is 0.232 e. The molecule has 0 unspecified atom stereocenters. The Hall–Kier alpha value is -1.12. The fourth-order valence-corrected chi connectivity index (χ4v) is 4.42. The molecule has 0 spiro atoms. The number of aryl methyl sites for hydroxylation is 2. The number of rotatable bonds is 9. The second-order valence-corrected chi connectivity index (χ2v) is 9.58. The first kappa shape index (κ1) is 19.9. The highest BCUT2D eigenvalue weighted by atomic mass is 32.2. The topological polar surface area (TPSA) is 83.6 Å². The first-order chi connectivity index (χ1) is 10.5. The van der Waals surface area contributed by atoms with Crippen LogP contribution in [-0.2, 0) is 20.0 Å². The predicted molar refractivity (Wildman–Crippen MR) is 94.8 cm³/mol. The molecule has 0 atom stereocenters. The normalized spacial score (nSPS) is 12.3. The monoisotopic (exact) mass is 362 g/mol. The fraction of sp³-hybridized carbons (Fsp3) is 0.600. The summed E-state index contributed by atoms with van der Waals surface area (Å²) < 4.78 is 51.3. The average Bonchev–Trinajstić information content (AvgIpc) is 2.39. The van der Waals surface area contributed by atoms with Gasteiger partial charge in [-0.15, -0.1) is 0 Å². The van der Waals surface area contributed by atoms with Crippen LogP contribution in [0.5, 0.6) is 0 Å². The summed E-state index contributed by atoms with van der Waals surface area (Å²) in [6, 6.07) is 5.51. The lowest BCUT2D eigenvalue weighted by atomic mass is 10.1. The molecule has 0 heterocycles. The lowest BCUT2D eigenvalue weighted by Crippen LogP contribution is -2.38. The summed E-state index contributed by atoms with van der Waals surface area (Å²) in [7, 11) is -6.84. The Balaban J connectivity index is 2.86. The Morgan fingerprint density at radius 2 is 1.61 bits per heavy atom. The molecule has 0 bridgehead atoms. The van der Waals surface area contributed by atoms with E-state index < -0.39 is 20.0 Å². The van der Waals surface area contributed by atoms with Crippen molar-refractivity contribution >= 4 is 25.7 Å². The van der Waals surface area contributed by atoms with Gasteiger partial charge in [-0.3, -0.25) is 4.31 Å². The maximum absolute atomic E-state index is 12.0. The van der Waals surface area contributed by atoms with Crippen molar-refractivity contribution in [2.24, 2.45) is 0 Å². The van der Waals surface area contributed by atoms with Crippen LogP contribution in [0.1, 0.15) is 30.9 Å². The zero-order chi connectivity index (χ0) is 17.7. The van der Waals surface area contributed by atoms with Gasteiger partial charge in [-0.05, 0) is 43.5 Å². The smallest absolute Gasteiger partial charge is 0.232 e. The van der Waals surface area contributed by atoms with Gasteiger partial charge in [0, 0.05) is 13.1 Å². The number of anilines is 1. The van der Waals surface area contributed by atoms with Crippen LogP contribution in [0.15, 0.2) is 18.2 Å². The van der Waals surface area contributed by atoms with Crippen LogP contribution in [0.4, 0.5) is 5.69 Å². The highest BCUT2D eigenvalue weighted by Crippen LogP contribution is 2.20. The summed E-state index contributed by atoms with van der Waals surface area (Å²) in [4.78, 5) is 0. The first-order valence-electron chi connectivity index (χ1n) is 7.58. The van der Waals surface area contributed by atoms with Crippen molar-refractivity contribution in [2.75, 3.05) is 29.4 Å². The Labute approximate surface area is 140 Å². The van der Waals surface area contributed by atoms with Crippen molar-refractivity contribution in [2.45, 2.75) is 33.6 Å². The van der Waals surface area contributed by atoms with Crippen LogP contribution < -0.4 is 9.03 Å². The van der Waals surface area contributed by atoms with Crippen LogP contribution in [0.3, 0.4) is 0 Å². The molecule has 0 aliphatic rings. The number of unbranched alkanes of at least 4 members (excludes halogenated alkanes) is 1. The van der Waals surface area contributed by atoms with E-state index in [1.807, 2.05) is 26.8 Å². The van der Waals surface area contributed by atoms with Gasteiger partial charge in [-0.25, -0.2) is 21.6 Å². The summed E-state index contributed by atoms with van der Waals surface area (Å²) in [5.41, 5.74) is 2.46. The number of benzene rings is 1. The van der Waals surface area contributed by atoms with E-state index >= 15 is 0 Å². The van der Waals surface area contributed by atoms with Crippen LogP contribution in [-0.4, -0.2) is 41.9 Å². The van der Waals surface area contributed by atoms with Gasteiger partial charge in [0.25, 0.3) is 0 Å². The SMILES string of the molecule is CCCCS(=O)(=O)NCCN(c1cc(C)cc(C)c1)S(C)(=O)=O. The highest BCUT2D eigenvalue weighted by molar-refractivity contribution is 7.92. The molecule has 6 nitrogen and oxygen atoms in total. The van der Waals surface area contributed by atoms with Crippen LogP contribution in [0, 0.1) is 13.8 Å². The van der Waals surface area contributed by atoms with Crippen molar-refractivity contribution in [3.63, 3.8) is 0 Å². The molecular formula is C15H26N2O4S2. The molecule has 23 heavy (non-hydrogen) atoms. The Bertz CT molecular complexity index is 708. The lowest BCUT2D eigenvalue weighted by Gasteiger charge is -2.23. The van der Waals surface area contributed by atoms with Crippen molar-refractivity contribution in [3.05, 3.63) is 29.3 Å². The van der Waals surface area contributed by atoms with E-state index in [-0.39, 0.29) is 18.8 Å². The van der Waals surface area contributed by atoms with Gasteiger partial charge in [-0.1, -0.05) is 19.4 Å². The summed E-state index contributed by atoms with van der Waals surface area (Å²) in [5.74, 6) is 0.0614. The van der Waals surface area contributed by atoms with Crippen molar-refractivity contribution in [3.8, 4) is 0 Å². The molecule has 0 aromatic heterocycles. The zero-order valence-corrected chi connectivity index (χ0v) is 15.8. The molecule has 0 radical (unpaired) electrons. The molecule has 1 rings (SSSR count). The highest BCUT2D eigenvalue weighted by Gasteiger charge is 2.19. The van der Waals surface area contributed by atoms with E-state index in [4.69, 9.17) is 0 Å². The second-order valence-electron chi connectivity index (χ2n) is 5.75. The van der Waals surface area contributed by atoms with Gasteiger partial charge in [0.05, 0.1) is 17.7 Å². The number of hydrogen-bond acceptors (Lipinski definition) is 4. The van der Waals surface area contributed by atoms with Gasteiger partial charge < -0.3 is 0 Å². The number of hydrogen-bond donors (Lipinski definition) is 1. The quantitative estimate of drug-likeness (QED) is 0.726. The standard InChI is InChI=1S/C15H26N2O4S2/c1-5-6-9-23(20,21)16-7-8-17(22(4,18)19)15-11-13(2)10-14(3)12-15/h10-12,16H,5-9H2,1-4H3. The summed E-state index contributed by atoms with van der Waals surface area (Å²) in [6.07, 6.45) is 2.50. The third-order valence-electron chi connectivity index (χ3n) is 3.30. The lowest BCUT2D eigenvalue weighted by molar-refractivity contribution is 0.575. The number of nitrogens with zero attached hydrogens (tertiary/aromatic N) is 1. The van der Waals surface area contributed by atoms with E-state index in [0.29, 0.717) is 12.1 Å². The molecule has 1 N–H and O–H groups in total. The molecule has 1 aromatic rings. The molecule has 0 aliphatic heterocycles. The third kappa shape index (κ3) is 6.88. The fourth-order valence-electron chi connectivity index (χ4n) is 2.29. The minimum atomic E-state index is -3.49. The van der Waals surface area contributed by atoms with Crippen LogP contribution in [0.2, 0.25) is 0 Å². The van der Waals surface area contributed by atoms with Crippen LogP contribution in [0.25, 0.3) is 0 Å². The van der Waals surface area contributed by atoms with E-state index in [1.54, 1.807) is 12.1 Å². The van der Waals surface area contributed by atoms with Gasteiger partial charge >= 0.3 is 0 Å². The molecule has 0 fully saturated rings. The molecule has 0 aliphatic carbocycles. The summed E-state index contributed by atoms with van der Waals surface area (Å²) in [5, 5.41) is 0. The summed E-state index contributed by atoms with van der Waals surface area (Å²) >= 11 is 0. The van der Waals surface area contributed by atoms with Gasteiger partial charge in [0.1, 0.15) is 0 Å². The van der Waals surface area contributed by atoms with Crippen molar-refractivity contribution in [1.29, 1.82) is 0 Å². The van der Waals surface area contributed by atoms with Gasteiger partial charge in [0.15, 0.2) is 0 Å². The van der Waals surface area contributed by atoms with E-state index in [1.165, 1.54) is 4.31 Å². The summed E-state index contributed by atoms with van der Waals surface area (Å²) in [6.45, 7) is 5.81. The van der Waals surface area contributed by atoms with E-state index in [9.17, 15) is 16.8 Å². The third-order valence-corrected chi connectivity index (χ3v) is 5.96. The molecule has 132 valence electrons. The van der Waals surface area contributed by atoms with Gasteiger partial charge in [0.2, 0.25) is 20.0 Å².